The number of hydrogen-bond acceptors (Lipinski definition) is 6. The number of hydrogen-bond donors (Lipinski definition) is 1. The first kappa shape index (κ1) is 23.8. The minimum absolute atomic E-state index is 0.0407. The van der Waals surface area contributed by atoms with Crippen molar-refractivity contribution in [3.8, 4) is 17.3 Å². The zero-order valence-electron chi connectivity index (χ0n) is 17.9. The van der Waals surface area contributed by atoms with Gasteiger partial charge in [-0.15, -0.1) is 10.2 Å². The van der Waals surface area contributed by atoms with E-state index in [9.17, 15) is 23.1 Å². The second kappa shape index (κ2) is 8.96. The van der Waals surface area contributed by atoms with E-state index in [0.717, 1.165) is 10.6 Å². The summed E-state index contributed by atoms with van der Waals surface area (Å²) >= 11 is 12.1. The molecule has 5 aromatic rings. The number of alkyl halides is 3. The van der Waals surface area contributed by atoms with Crippen LogP contribution < -0.4 is 0 Å². The van der Waals surface area contributed by atoms with Crippen molar-refractivity contribution in [1.29, 1.82) is 0 Å². The Morgan fingerprint density at radius 3 is 2.56 bits per heavy atom. The van der Waals surface area contributed by atoms with Crippen LogP contribution in [0.1, 0.15) is 27.5 Å². The summed E-state index contributed by atoms with van der Waals surface area (Å²) in [5.41, 5.74) is -1.37. The van der Waals surface area contributed by atoms with Gasteiger partial charge in [0.05, 0.1) is 5.56 Å². The number of aromatic hydroxyl groups is 1. The van der Waals surface area contributed by atoms with E-state index in [2.05, 4.69) is 15.2 Å². The molecular formula is C24H13Cl2F3N4O3. The van der Waals surface area contributed by atoms with Gasteiger partial charge in [0.25, 0.3) is 17.6 Å². The molecule has 0 atom stereocenters. The third-order valence-electron chi connectivity index (χ3n) is 5.39. The predicted molar refractivity (Wildman–Crippen MR) is 125 cm³/mol. The molecule has 0 saturated heterocycles. The topological polar surface area (TPSA) is 94.0 Å². The molecule has 1 N–H and O–H groups in total. The van der Waals surface area contributed by atoms with Crippen LogP contribution in [0.2, 0.25) is 10.0 Å². The van der Waals surface area contributed by atoms with E-state index in [-0.39, 0.29) is 39.8 Å². The molecule has 0 spiro atoms. The lowest BCUT2D eigenvalue weighted by molar-refractivity contribution is -0.143. The van der Waals surface area contributed by atoms with Crippen LogP contribution >= 0.6 is 23.2 Å². The van der Waals surface area contributed by atoms with Gasteiger partial charge in [-0.3, -0.25) is 9.78 Å². The summed E-state index contributed by atoms with van der Waals surface area (Å²) in [6.07, 6.45) is -3.51. The molecule has 12 heteroatoms. The van der Waals surface area contributed by atoms with E-state index in [1.54, 1.807) is 18.2 Å². The molecule has 7 nitrogen and oxygen atoms in total. The van der Waals surface area contributed by atoms with Gasteiger partial charge in [0.2, 0.25) is 0 Å². The molecule has 0 aliphatic rings. The first-order valence-electron chi connectivity index (χ1n) is 10.3. The summed E-state index contributed by atoms with van der Waals surface area (Å²) in [6.45, 7) is -0.331. The SMILES string of the molecule is O=C(c1nnc(-c2ccccn2)o1)c1c(C(F)(F)F)n(Cc2ccc(Cl)cc2Cl)c2ccc(O)cc12. The van der Waals surface area contributed by atoms with Gasteiger partial charge in [0, 0.05) is 33.7 Å². The lowest BCUT2D eigenvalue weighted by Gasteiger charge is -2.15. The first-order valence-corrected chi connectivity index (χ1v) is 11.0. The normalized spacial score (nSPS) is 11.8. The zero-order valence-corrected chi connectivity index (χ0v) is 19.4. The Labute approximate surface area is 210 Å². The Bertz CT molecular complexity index is 1610. The molecule has 182 valence electrons. The smallest absolute Gasteiger partial charge is 0.432 e. The molecule has 0 saturated carbocycles. The van der Waals surface area contributed by atoms with Crippen molar-refractivity contribution in [3.05, 3.63) is 93.6 Å². The number of phenols is 1. The van der Waals surface area contributed by atoms with E-state index in [4.69, 9.17) is 27.6 Å². The molecule has 36 heavy (non-hydrogen) atoms. The molecule has 5 rings (SSSR count). The number of phenolic OH excluding ortho intramolecular Hbond substituents is 1. The second-order valence-electron chi connectivity index (χ2n) is 7.70. The van der Waals surface area contributed by atoms with Gasteiger partial charge in [0.1, 0.15) is 17.1 Å². The number of fused-ring (bicyclic) bond motifs is 1. The summed E-state index contributed by atoms with van der Waals surface area (Å²) in [7, 11) is 0. The number of carbonyl (C=O) groups is 1. The fraction of sp³-hybridized carbons (Fsp3) is 0.0833. The van der Waals surface area contributed by atoms with Crippen molar-refractivity contribution in [3.63, 3.8) is 0 Å². The molecule has 0 unspecified atom stereocenters. The first-order chi connectivity index (χ1) is 17.1. The van der Waals surface area contributed by atoms with Crippen LogP contribution in [-0.2, 0) is 12.7 Å². The molecule has 0 bridgehead atoms. The van der Waals surface area contributed by atoms with E-state index in [1.807, 2.05) is 0 Å². The number of carbonyl (C=O) groups excluding carboxylic acids is 1. The maximum Gasteiger partial charge on any atom is 0.432 e. The van der Waals surface area contributed by atoms with E-state index in [0.29, 0.717) is 10.6 Å². The predicted octanol–water partition coefficient (Wildman–Crippen LogP) is 6.40. The zero-order chi connectivity index (χ0) is 25.6. The molecule has 0 amide bonds. The number of nitrogens with zero attached hydrogens (tertiary/aromatic N) is 4. The fourth-order valence-electron chi connectivity index (χ4n) is 3.87. The maximum absolute atomic E-state index is 14.5. The Morgan fingerprint density at radius 2 is 1.86 bits per heavy atom. The minimum atomic E-state index is -4.97. The Balaban J connectivity index is 1.71. The van der Waals surface area contributed by atoms with Crippen LogP contribution in [0, 0.1) is 0 Å². The number of ketones is 1. The van der Waals surface area contributed by atoms with Crippen LogP contribution in [0.3, 0.4) is 0 Å². The van der Waals surface area contributed by atoms with E-state index in [1.165, 1.54) is 36.5 Å². The van der Waals surface area contributed by atoms with Crippen molar-refractivity contribution in [2.45, 2.75) is 12.7 Å². The van der Waals surface area contributed by atoms with Gasteiger partial charge in [-0.05, 0) is 48.0 Å². The van der Waals surface area contributed by atoms with Crippen LogP contribution in [0.25, 0.3) is 22.5 Å². The Kier molecular flexibility index (Phi) is 5.93. The van der Waals surface area contributed by atoms with Gasteiger partial charge in [-0.25, -0.2) is 0 Å². The Hall–Kier alpha value is -3.89. The van der Waals surface area contributed by atoms with Gasteiger partial charge < -0.3 is 14.1 Å². The second-order valence-corrected chi connectivity index (χ2v) is 8.54. The quantitative estimate of drug-likeness (QED) is 0.263. The van der Waals surface area contributed by atoms with Crippen molar-refractivity contribution in [2.75, 3.05) is 0 Å². The van der Waals surface area contributed by atoms with Crippen molar-refractivity contribution >= 4 is 39.9 Å². The maximum atomic E-state index is 14.5. The van der Waals surface area contributed by atoms with Crippen LogP contribution in [-0.4, -0.2) is 30.6 Å². The van der Waals surface area contributed by atoms with Crippen LogP contribution in [0.4, 0.5) is 13.2 Å². The van der Waals surface area contributed by atoms with Gasteiger partial charge in [0.15, 0.2) is 0 Å². The molecule has 3 aromatic heterocycles. The number of halogens is 5. The highest BCUT2D eigenvalue weighted by Crippen LogP contribution is 2.41. The number of benzene rings is 2. The highest BCUT2D eigenvalue weighted by Gasteiger charge is 2.42. The standard InChI is InChI=1S/C24H13Cl2F3N4O3/c25-13-5-4-12(16(26)9-13)11-33-18-7-6-14(34)10-15(18)19(21(33)24(27,28)29)20(35)23-32-31-22(36-23)17-3-1-2-8-30-17/h1-10,34H,11H2. The lowest BCUT2D eigenvalue weighted by atomic mass is 10.1. The fourth-order valence-corrected chi connectivity index (χ4v) is 4.33. The van der Waals surface area contributed by atoms with Gasteiger partial charge in [-0.1, -0.05) is 35.3 Å². The van der Waals surface area contributed by atoms with Gasteiger partial charge >= 0.3 is 6.18 Å². The van der Waals surface area contributed by atoms with Crippen LogP contribution in [0.5, 0.6) is 5.75 Å². The molecular weight excluding hydrogens is 520 g/mol. The Morgan fingerprint density at radius 1 is 1.06 bits per heavy atom. The summed E-state index contributed by atoms with van der Waals surface area (Å²) in [4.78, 5) is 17.4. The largest absolute Gasteiger partial charge is 0.508 e. The minimum Gasteiger partial charge on any atom is -0.508 e. The lowest BCUT2D eigenvalue weighted by Crippen LogP contribution is -2.19. The highest BCUT2D eigenvalue weighted by atomic mass is 35.5. The number of rotatable bonds is 5. The average Bonchev–Trinajstić information content (AvgIpc) is 3.44. The summed E-state index contributed by atoms with van der Waals surface area (Å²) < 4.78 is 49.8. The highest BCUT2D eigenvalue weighted by molar-refractivity contribution is 6.35. The van der Waals surface area contributed by atoms with Gasteiger partial charge in [-0.2, -0.15) is 13.2 Å². The number of aromatic nitrogens is 4. The molecule has 0 fully saturated rings. The van der Waals surface area contributed by atoms with Crippen molar-refractivity contribution in [2.24, 2.45) is 0 Å². The molecule has 0 aliphatic carbocycles. The van der Waals surface area contributed by atoms with E-state index < -0.39 is 29.1 Å². The average molecular weight is 533 g/mol. The van der Waals surface area contributed by atoms with Crippen molar-refractivity contribution in [1.82, 2.24) is 19.7 Å². The third kappa shape index (κ3) is 4.29. The molecule has 0 radical (unpaired) electrons. The molecule has 3 heterocycles. The van der Waals surface area contributed by atoms with Crippen molar-refractivity contribution < 1.29 is 27.5 Å². The monoisotopic (exact) mass is 532 g/mol. The summed E-state index contributed by atoms with van der Waals surface area (Å²) in [5.74, 6) is -2.28. The van der Waals surface area contributed by atoms with E-state index >= 15 is 0 Å². The molecule has 0 aliphatic heterocycles. The summed E-state index contributed by atoms with van der Waals surface area (Å²) in [5, 5.41) is 17.8. The molecule has 2 aromatic carbocycles. The van der Waals surface area contributed by atoms with Crippen LogP contribution in [0.15, 0.2) is 65.2 Å². The number of pyridine rings is 1. The third-order valence-corrected chi connectivity index (χ3v) is 5.98. The summed E-state index contributed by atoms with van der Waals surface area (Å²) in [6, 6.07) is 12.8.